The van der Waals surface area contributed by atoms with E-state index in [0.29, 0.717) is 5.56 Å². The molecule has 0 amide bonds. The van der Waals surface area contributed by atoms with E-state index in [9.17, 15) is 55.5 Å². The summed E-state index contributed by atoms with van der Waals surface area (Å²) in [5, 5.41) is 92.7. The monoisotopic (exact) mass is 740 g/mol. The Bertz CT molecular complexity index is 2010. The molecule has 2 aliphatic heterocycles. The number of hydrogen-bond donors (Lipinski definition) is 9. The Kier molecular flexibility index (Phi) is 10.9. The van der Waals surface area contributed by atoms with Crippen molar-refractivity contribution in [2.24, 2.45) is 0 Å². The number of esters is 1. The Morgan fingerprint density at radius 3 is 2.11 bits per heavy atom. The summed E-state index contributed by atoms with van der Waals surface area (Å²) in [7, 11) is 0. The third-order valence-corrected chi connectivity index (χ3v) is 8.72. The average molecular weight is 741 g/mol. The van der Waals surface area contributed by atoms with Gasteiger partial charge in [0.1, 0.15) is 70.6 Å². The quantitative estimate of drug-likeness (QED) is 0.0838. The minimum atomic E-state index is -1.98. The minimum absolute atomic E-state index is 0.0116. The number of carbonyl (C=O) groups excluding carboxylic acids is 1. The Balaban J connectivity index is 1.36. The molecule has 2 aliphatic rings. The van der Waals surface area contributed by atoms with E-state index in [-0.39, 0.29) is 28.4 Å². The average Bonchev–Trinajstić information content (AvgIpc) is 3.12. The highest BCUT2D eigenvalue weighted by molar-refractivity contribution is 5.88. The molecule has 17 heteroatoms. The zero-order valence-electron chi connectivity index (χ0n) is 27.7. The Hall–Kier alpha value is -5.24. The van der Waals surface area contributed by atoms with Crippen LogP contribution in [0, 0.1) is 0 Å². The van der Waals surface area contributed by atoms with Gasteiger partial charge in [0, 0.05) is 23.8 Å². The smallest absolute Gasteiger partial charge is 0.331 e. The number of benzene rings is 3. The van der Waals surface area contributed by atoms with Crippen molar-refractivity contribution < 1.29 is 78.9 Å². The van der Waals surface area contributed by atoms with Crippen molar-refractivity contribution in [1.82, 2.24) is 0 Å². The number of ether oxygens (including phenoxy) is 5. The fraction of sp³-hybridized carbons (Fsp3) is 0.333. The molecular formula is C36H36O17. The normalized spacial score (nSPS) is 28.9. The van der Waals surface area contributed by atoms with Crippen LogP contribution in [0.4, 0.5) is 0 Å². The summed E-state index contributed by atoms with van der Waals surface area (Å²) in [6.45, 7) is 0.776. The van der Waals surface area contributed by atoms with Gasteiger partial charge in [-0.2, -0.15) is 0 Å². The number of fused-ring (bicyclic) bond motifs is 1. The second-order valence-corrected chi connectivity index (χ2v) is 12.5. The van der Waals surface area contributed by atoms with Crippen molar-refractivity contribution in [2.45, 2.75) is 68.3 Å². The van der Waals surface area contributed by atoms with Crippen LogP contribution in [0.25, 0.3) is 28.4 Å². The van der Waals surface area contributed by atoms with Gasteiger partial charge in [-0.15, -0.1) is 0 Å². The van der Waals surface area contributed by atoms with E-state index in [4.69, 9.17) is 28.1 Å². The lowest BCUT2D eigenvalue weighted by Gasteiger charge is -2.43. The summed E-state index contributed by atoms with van der Waals surface area (Å²) in [6, 6.07) is 13.0. The molecule has 6 rings (SSSR count). The molecule has 5 unspecified atom stereocenters. The number of carbonyl (C=O) groups is 1. The first-order valence-electron chi connectivity index (χ1n) is 16.2. The molecule has 0 bridgehead atoms. The van der Waals surface area contributed by atoms with Crippen LogP contribution >= 0.6 is 0 Å². The van der Waals surface area contributed by atoms with Crippen molar-refractivity contribution in [3.63, 3.8) is 0 Å². The highest BCUT2D eigenvalue weighted by atomic mass is 16.7. The number of hydrogen-bond acceptors (Lipinski definition) is 17. The van der Waals surface area contributed by atoms with Gasteiger partial charge in [-0.25, -0.2) is 4.79 Å². The summed E-state index contributed by atoms with van der Waals surface area (Å²) in [6.07, 6.45) is -14.1. The maximum atomic E-state index is 14.0. The van der Waals surface area contributed by atoms with Gasteiger partial charge < -0.3 is 74.1 Å². The van der Waals surface area contributed by atoms with Crippen LogP contribution in [-0.4, -0.2) is 120 Å². The van der Waals surface area contributed by atoms with Gasteiger partial charge in [-0.1, -0.05) is 12.1 Å². The highest BCUT2D eigenvalue weighted by Gasteiger charge is 2.50. The van der Waals surface area contributed by atoms with Crippen LogP contribution in [0.3, 0.4) is 0 Å². The Morgan fingerprint density at radius 1 is 0.774 bits per heavy atom. The van der Waals surface area contributed by atoms with Crippen molar-refractivity contribution in [2.75, 3.05) is 6.61 Å². The molecule has 0 radical (unpaired) electrons. The largest absolute Gasteiger partial charge is 0.508 e. The van der Waals surface area contributed by atoms with Crippen molar-refractivity contribution in [3.05, 3.63) is 82.5 Å². The molecule has 3 aromatic carbocycles. The number of aliphatic hydroxyl groups is 5. The molecule has 282 valence electrons. The summed E-state index contributed by atoms with van der Waals surface area (Å²) in [5.74, 6) is -3.27. The van der Waals surface area contributed by atoms with E-state index in [1.54, 1.807) is 0 Å². The lowest BCUT2D eigenvalue weighted by Crippen LogP contribution is -2.62. The lowest BCUT2D eigenvalue weighted by atomic mass is 9.98. The van der Waals surface area contributed by atoms with E-state index in [1.165, 1.54) is 61.5 Å². The molecule has 4 aromatic rings. The van der Waals surface area contributed by atoms with Gasteiger partial charge in [0.05, 0.1) is 12.7 Å². The number of aliphatic hydroxyl groups excluding tert-OH is 5. The molecule has 1 aromatic heterocycles. The molecule has 0 spiro atoms. The van der Waals surface area contributed by atoms with Gasteiger partial charge in [-0.05, 0) is 55.0 Å². The third-order valence-electron chi connectivity index (χ3n) is 8.72. The lowest BCUT2D eigenvalue weighted by molar-refractivity contribution is -0.319. The summed E-state index contributed by atoms with van der Waals surface area (Å²) in [5.41, 5.74) is -0.618. The maximum absolute atomic E-state index is 14.0. The first-order chi connectivity index (χ1) is 25.2. The maximum Gasteiger partial charge on any atom is 0.331 e. The van der Waals surface area contributed by atoms with Gasteiger partial charge in [0.2, 0.25) is 17.5 Å². The molecule has 9 N–H and O–H groups in total. The molecular weight excluding hydrogens is 704 g/mol. The standard InChI is InChI=1S/C36H36O17/c1-15-26(42)29(45)31(47)35(49-15)48-14-23-27(43)30(46)34(52-24(41)11-4-16-2-7-18(37)8-3-16)36(51-23)53-33-28(44)25-21(40)12-20(39)13-22(25)50-32(33)17-5-9-19(38)10-6-17/h2-13,15,23,26-27,29-31,34-40,42-43,45-47H,14H2,1H3/b11-4+/t15?,23?,26-,27+,29-,30?,31?,34?,35+,36-/m0/s1. The van der Waals surface area contributed by atoms with Crippen LogP contribution in [0.2, 0.25) is 0 Å². The second-order valence-electron chi connectivity index (χ2n) is 12.5. The van der Waals surface area contributed by atoms with Crippen molar-refractivity contribution in [1.29, 1.82) is 0 Å². The summed E-state index contributed by atoms with van der Waals surface area (Å²) in [4.78, 5) is 27.0. The van der Waals surface area contributed by atoms with Crippen LogP contribution in [0.1, 0.15) is 12.5 Å². The number of phenolic OH excluding ortho intramolecular Hbond substituents is 4. The SMILES string of the molecule is CC1O[C@@H](OCC2O[C@@H](Oc3c(-c4ccc(O)cc4)oc4cc(O)cc(O)c4c3=O)C(OC(=O)/C=C/c3ccc(O)cc3)C(O)[C@@H]2O)C(O)[C@@H](O)[C@H]1O. The zero-order chi connectivity index (χ0) is 38.1. The topological polar surface area (TPSA) is 275 Å². The minimum Gasteiger partial charge on any atom is -0.508 e. The molecule has 2 saturated heterocycles. The van der Waals surface area contributed by atoms with Crippen molar-refractivity contribution in [3.8, 4) is 40.1 Å². The second kappa shape index (κ2) is 15.4. The van der Waals surface area contributed by atoms with Crippen LogP contribution in [-0.2, 0) is 23.7 Å². The van der Waals surface area contributed by atoms with E-state index >= 15 is 0 Å². The zero-order valence-corrected chi connectivity index (χ0v) is 27.7. The first-order valence-corrected chi connectivity index (χ1v) is 16.2. The number of rotatable bonds is 9. The van der Waals surface area contributed by atoms with E-state index in [0.717, 1.165) is 18.2 Å². The number of phenols is 4. The van der Waals surface area contributed by atoms with E-state index in [2.05, 4.69) is 0 Å². The fourth-order valence-corrected chi connectivity index (χ4v) is 5.82. The van der Waals surface area contributed by atoms with Crippen LogP contribution in [0.15, 0.2) is 76.0 Å². The van der Waals surface area contributed by atoms with Crippen LogP contribution in [0.5, 0.6) is 28.7 Å². The van der Waals surface area contributed by atoms with Gasteiger partial charge >= 0.3 is 5.97 Å². The molecule has 10 atom stereocenters. The summed E-state index contributed by atoms with van der Waals surface area (Å²) >= 11 is 0. The third kappa shape index (κ3) is 7.92. The molecule has 3 heterocycles. The van der Waals surface area contributed by atoms with E-state index < -0.39 is 102 Å². The highest BCUT2D eigenvalue weighted by Crippen LogP contribution is 2.38. The van der Waals surface area contributed by atoms with Gasteiger partial charge in [-0.3, -0.25) is 4.79 Å². The summed E-state index contributed by atoms with van der Waals surface area (Å²) < 4.78 is 34.4. The number of aromatic hydroxyl groups is 4. The van der Waals surface area contributed by atoms with Crippen LogP contribution < -0.4 is 10.2 Å². The van der Waals surface area contributed by atoms with E-state index in [1.807, 2.05) is 0 Å². The predicted octanol–water partition coefficient (Wildman–Crippen LogP) is 0.577. The fourth-order valence-electron chi connectivity index (χ4n) is 5.82. The molecule has 0 saturated carbocycles. The Morgan fingerprint density at radius 2 is 1.43 bits per heavy atom. The molecule has 2 fully saturated rings. The molecule has 0 aliphatic carbocycles. The predicted molar refractivity (Wildman–Crippen MR) is 180 cm³/mol. The first kappa shape index (κ1) is 37.5. The van der Waals surface area contributed by atoms with Gasteiger partial charge in [0.15, 0.2) is 18.2 Å². The molecule has 17 nitrogen and oxygen atoms in total. The van der Waals surface area contributed by atoms with Crippen molar-refractivity contribution >= 4 is 23.0 Å². The molecule has 53 heavy (non-hydrogen) atoms. The van der Waals surface area contributed by atoms with Gasteiger partial charge in [0.25, 0.3) is 0 Å². The Labute approximate surface area is 299 Å².